The molecule has 0 spiro atoms. The van der Waals surface area contributed by atoms with Gasteiger partial charge in [-0.3, -0.25) is 9.59 Å². The van der Waals surface area contributed by atoms with E-state index in [1.165, 1.54) is 0 Å². The molecule has 1 aliphatic carbocycles. The summed E-state index contributed by atoms with van der Waals surface area (Å²) in [5.74, 6) is 0.447. The molecule has 1 heterocycles. The summed E-state index contributed by atoms with van der Waals surface area (Å²) in [6, 6.07) is 7.51. The van der Waals surface area contributed by atoms with Crippen LogP contribution in [0.5, 0.6) is 0 Å². The second-order valence-electron chi connectivity index (χ2n) is 6.21. The number of hydrogen-bond donors (Lipinski definition) is 2. The van der Waals surface area contributed by atoms with Crippen molar-refractivity contribution in [3.05, 3.63) is 29.8 Å². The molecule has 0 aromatic heterocycles. The van der Waals surface area contributed by atoms with E-state index in [-0.39, 0.29) is 17.9 Å². The zero-order valence-corrected chi connectivity index (χ0v) is 12.8. The number of amides is 2. The third-order valence-corrected chi connectivity index (χ3v) is 4.77. The predicted molar refractivity (Wildman–Crippen MR) is 85.7 cm³/mol. The molecule has 1 saturated heterocycles. The number of carbonyl (C=O) groups excluding carboxylic acids is 2. The second kappa shape index (κ2) is 6.48. The number of nitrogens with two attached hydrogens (primary N) is 1. The zero-order valence-electron chi connectivity index (χ0n) is 12.8. The van der Waals surface area contributed by atoms with Crippen LogP contribution in [-0.2, 0) is 4.79 Å². The normalized spacial score (nSPS) is 24.8. The quantitative estimate of drug-likeness (QED) is 0.888. The summed E-state index contributed by atoms with van der Waals surface area (Å²) in [5, 5.41) is 3.10. The molecule has 22 heavy (non-hydrogen) atoms. The highest BCUT2D eigenvalue weighted by molar-refractivity contribution is 5.99. The van der Waals surface area contributed by atoms with Crippen molar-refractivity contribution in [2.45, 2.75) is 38.1 Å². The highest BCUT2D eigenvalue weighted by Gasteiger charge is 2.28. The Hall–Kier alpha value is -1.88. The van der Waals surface area contributed by atoms with Crippen LogP contribution >= 0.6 is 0 Å². The zero-order chi connectivity index (χ0) is 15.5. The topological polar surface area (TPSA) is 75.4 Å². The van der Waals surface area contributed by atoms with E-state index in [4.69, 9.17) is 5.73 Å². The van der Waals surface area contributed by atoms with Crippen LogP contribution in [0, 0.1) is 5.92 Å². The van der Waals surface area contributed by atoms with Crippen LogP contribution in [0.3, 0.4) is 0 Å². The number of hydrogen-bond acceptors (Lipinski definition) is 3. The van der Waals surface area contributed by atoms with Crippen LogP contribution in [0.15, 0.2) is 24.3 Å². The standard InChI is InChI=1S/C17H23N3O2/c18-11-13-5-2-7-15(13)19-17(22)12-4-1-6-14(10-12)20-9-3-8-16(20)21/h1,4,6,10,13,15H,2-3,5,7-9,11,18H2,(H,19,22). The smallest absolute Gasteiger partial charge is 0.251 e. The van der Waals surface area contributed by atoms with Crippen molar-refractivity contribution in [2.75, 3.05) is 18.0 Å². The Morgan fingerprint density at radius 1 is 1.32 bits per heavy atom. The van der Waals surface area contributed by atoms with Crippen molar-refractivity contribution < 1.29 is 9.59 Å². The van der Waals surface area contributed by atoms with Crippen LogP contribution in [0.1, 0.15) is 42.5 Å². The Labute approximate surface area is 130 Å². The average molecular weight is 301 g/mol. The van der Waals surface area contributed by atoms with Crippen LogP contribution in [0.25, 0.3) is 0 Å². The number of anilines is 1. The molecule has 3 rings (SSSR count). The molecule has 0 bridgehead atoms. The molecule has 2 atom stereocenters. The maximum Gasteiger partial charge on any atom is 0.251 e. The van der Waals surface area contributed by atoms with Gasteiger partial charge >= 0.3 is 0 Å². The van der Waals surface area contributed by atoms with Gasteiger partial charge in [0.15, 0.2) is 0 Å². The highest BCUT2D eigenvalue weighted by Crippen LogP contribution is 2.26. The first-order valence-electron chi connectivity index (χ1n) is 8.10. The lowest BCUT2D eigenvalue weighted by molar-refractivity contribution is -0.117. The molecule has 1 aromatic rings. The van der Waals surface area contributed by atoms with Crippen molar-refractivity contribution in [2.24, 2.45) is 11.7 Å². The minimum absolute atomic E-state index is 0.0705. The minimum atomic E-state index is -0.0705. The number of nitrogens with zero attached hydrogens (tertiary/aromatic N) is 1. The minimum Gasteiger partial charge on any atom is -0.349 e. The van der Waals surface area contributed by atoms with Gasteiger partial charge in [-0.15, -0.1) is 0 Å². The van der Waals surface area contributed by atoms with E-state index in [0.29, 0.717) is 24.4 Å². The molecule has 3 N–H and O–H groups in total. The Morgan fingerprint density at radius 2 is 2.18 bits per heavy atom. The van der Waals surface area contributed by atoms with E-state index in [9.17, 15) is 9.59 Å². The SMILES string of the molecule is NCC1CCCC1NC(=O)c1cccc(N2CCCC2=O)c1. The molecular formula is C17H23N3O2. The summed E-state index contributed by atoms with van der Waals surface area (Å²) in [4.78, 5) is 26.0. The van der Waals surface area contributed by atoms with Gasteiger partial charge in [0.1, 0.15) is 0 Å². The molecule has 0 radical (unpaired) electrons. The summed E-state index contributed by atoms with van der Waals surface area (Å²) in [6.07, 6.45) is 4.68. The van der Waals surface area contributed by atoms with E-state index < -0.39 is 0 Å². The van der Waals surface area contributed by atoms with Gasteiger partial charge in [-0.1, -0.05) is 12.5 Å². The Morgan fingerprint density at radius 3 is 2.91 bits per heavy atom. The fourth-order valence-corrected chi connectivity index (χ4v) is 3.50. The van der Waals surface area contributed by atoms with E-state index >= 15 is 0 Å². The van der Waals surface area contributed by atoms with Crippen molar-refractivity contribution in [1.29, 1.82) is 0 Å². The summed E-state index contributed by atoms with van der Waals surface area (Å²) < 4.78 is 0. The largest absolute Gasteiger partial charge is 0.349 e. The van der Waals surface area contributed by atoms with E-state index in [2.05, 4.69) is 5.32 Å². The summed E-state index contributed by atoms with van der Waals surface area (Å²) in [6.45, 7) is 1.36. The molecule has 2 unspecified atom stereocenters. The monoisotopic (exact) mass is 301 g/mol. The lowest BCUT2D eigenvalue weighted by Crippen LogP contribution is -2.39. The number of carbonyl (C=O) groups is 2. The molecule has 118 valence electrons. The molecule has 2 aliphatic rings. The third-order valence-electron chi connectivity index (χ3n) is 4.77. The van der Waals surface area contributed by atoms with Crippen molar-refractivity contribution >= 4 is 17.5 Å². The highest BCUT2D eigenvalue weighted by atomic mass is 16.2. The maximum absolute atomic E-state index is 12.5. The lowest BCUT2D eigenvalue weighted by Gasteiger charge is -2.20. The van der Waals surface area contributed by atoms with Crippen LogP contribution in [-0.4, -0.2) is 30.9 Å². The second-order valence-corrected chi connectivity index (χ2v) is 6.21. The Bertz CT molecular complexity index is 573. The molecule has 2 fully saturated rings. The van der Waals surface area contributed by atoms with Crippen molar-refractivity contribution in [1.82, 2.24) is 5.32 Å². The van der Waals surface area contributed by atoms with Crippen molar-refractivity contribution in [3.8, 4) is 0 Å². The molecule has 5 heteroatoms. The predicted octanol–water partition coefficient (Wildman–Crippen LogP) is 1.67. The van der Waals surface area contributed by atoms with E-state index in [0.717, 1.165) is 37.9 Å². The number of benzene rings is 1. The lowest BCUT2D eigenvalue weighted by atomic mass is 10.0. The van der Waals surface area contributed by atoms with Crippen LogP contribution < -0.4 is 16.0 Å². The molecule has 1 aromatic carbocycles. The van der Waals surface area contributed by atoms with Gasteiger partial charge < -0.3 is 16.0 Å². The maximum atomic E-state index is 12.5. The molecule has 5 nitrogen and oxygen atoms in total. The first-order chi connectivity index (χ1) is 10.7. The average Bonchev–Trinajstić information content (AvgIpc) is 3.16. The van der Waals surface area contributed by atoms with Gasteiger partial charge in [0.25, 0.3) is 5.91 Å². The first kappa shape index (κ1) is 15.0. The molecule has 1 aliphatic heterocycles. The Kier molecular flexibility index (Phi) is 4.43. The number of nitrogens with one attached hydrogen (secondary N) is 1. The fraction of sp³-hybridized carbons (Fsp3) is 0.529. The Balaban J connectivity index is 1.71. The van der Waals surface area contributed by atoms with Gasteiger partial charge in [-0.05, 0) is 49.9 Å². The summed E-state index contributed by atoms with van der Waals surface area (Å²) in [7, 11) is 0. The summed E-state index contributed by atoms with van der Waals surface area (Å²) >= 11 is 0. The van der Waals surface area contributed by atoms with E-state index in [1.807, 2.05) is 18.2 Å². The van der Waals surface area contributed by atoms with E-state index in [1.54, 1.807) is 11.0 Å². The van der Waals surface area contributed by atoms with Gasteiger partial charge in [0.2, 0.25) is 5.91 Å². The van der Waals surface area contributed by atoms with Crippen LogP contribution in [0.2, 0.25) is 0 Å². The van der Waals surface area contributed by atoms with Gasteiger partial charge in [-0.2, -0.15) is 0 Å². The van der Waals surface area contributed by atoms with Gasteiger partial charge in [-0.25, -0.2) is 0 Å². The molecule has 1 saturated carbocycles. The van der Waals surface area contributed by atoms with Crippen LogP contribution in [0.4, 0.5) is 5.69 Å². The molecular weight excluding hydrogens is 278 g/mol. The van der Waals surface area contributed by atoms with Gasteiger partial charge in [0, 0.05) is 30.3 Å². The first-order valence-corrected chi connectivity index (χ1v) is 8.10. The summed E-state index contributed by atoms with van der Waals surface area (Å²) in [5.41, 5.74) is 7.19. The van der Waals surface area contributed by atoms with Crippen molar-refractivity contribution in [3.63, 3.8) is 0 Å². The third kappa shape index (κ3) is 2.99. The van der Waals surface area contributed by atoms with Gasteiger partial charge in [0.05, 0.1) is 0 Å². The fourth-order valence-electron chi connectivity index (χ4n) is 3.50. The molecule has 2 amide bonds. The number of rotatable bonds is 4.